The average molecular weight is 299 g/mol. The number of ether oxygens (including phenoxy) is 2. The zero-order valence-corrected chi connectivity index (χ0v) is 12.7. The molecule has 2 aromatic rings. The summed E-state index contributed by atoms with van der Waals surface area (Å²) in [6.45, 7) is 2.49. The summed E-state index contributed by atoms with van der Waals surface area (Å²) in [6.07, 6.45) is 1.17. The third-order valence-corrected chi connectivity index (χ3v) is 3.89. The molecule has 3 rings (SSSR count). The van der Waals surface area contributed by atoms with Crippen molar-refractivity contribution in [2.75, 3.05) is 0 Å². The van der Waals surface area contributed by atoms with E-state index in [-0.39, 0.29) is 12.2 Å². The molecule has 3 atom stereocenters. The van der Waals surface area contributed by atoms with Crippen molar-refractivity contribution >= 4 is 0 Å². The van der Waals surface area contributed by atoms with Crippen LogP contribution in [0.2, 0.25) is 0 Å². The second-order valence-electron chi connectivity index (χ2n) is 5.68. The highest BCUT2D eigenvalue weighted by Crippen LogP contribution is 2.29. The van der Waals surface area contributed by atoms with Gasteiger partial charge in [-0.05, 0) is 31.4 Å². The van der Waals surface area contributed by atoms with E-state index < -0.39 is 6.10 Å². The minimum atomic E-state index is -0.703. The summed E-state index contributed by atoms with van der Waals surface area (Å²) in [4.78, 5) is 4.41. The van der Waals surface area contributed by atoms with E-state index in [2.05, 4.69) is 4.98 Å². The van der Waals surface area contributed by atoms with E-state index in [0.29, 0.717) is 18.2 Å². The first-order valence-corrected chi connectivity index (χ1v) is 7.69. The van der Waals surface area contributed by atoms with Gasteiger partial charge in [0, 0.05) is 6.07 Å². The Morgan fingerprint density at radius 3 is 2.73 bits per heavy atom. The Balaban J connectivity index is 1.64. The van der Waals surface area contributed by atoms with Gasteiger partial charge in [-0.3, -0.25) is 0 Å². The van der Waals surface area contributed by atoms with Crippen molar-refractivity contribution in [1.29, 1.82) is 0 Å². The Labute approximate surface area is 130 Å². The number of aliphatic hydroxyl groups excluding tert-OH is 1. The monoisotopic (exact) mass is 299 g/mol. The fourth-order valence-corrected chi connectivity index (χ4v) is 2.66. The zero-order chi connectivity index (χ0) is 15.4. The molecule has 0 radical (unpaired) electrons. The Bertz CT molecular complexity index is 602. The lowest BCUT2D eigenvalue weighted by molar-refractivity contribution is -0.0316. The molecule has 0 spiro atoms. The highest BCUT2D eigenvalue weighted by molar-refractivity contribution is 5.20. The van der Waals surface area contributed by atoms with Crippen LogP contribution in [0.15, 0.2) is 48.5 Å². The molecule has 0 amide bonds. The number of benzene rings is 1. The quantitative estimate of drug-likeness (QED) is 0.920. The van der Waals surface area contributed by atoms with Crippen molar-refractivity contribution in [3.8, 4) is 5.88 Å². The van der Waals surface area contributed by atoms with Crippen molar-refractivity contribution < 1.29 is 14.6 Å². The van der Waals surface area contributed by atoms with Crippen LogP contribution < -0.4 is 4.74 Å². The molecule has 22 heavy (non-hydrogen) atoms. The molecule has 2 heterocycles. The lowest BCUT2D eigenvalue weighted by atomic mass is 10.1. The number of aliphatic hydroxyl groups is 1. The molecule has 1 aliphatic rings. The van der Waals surface area contributed by atoms with E-state index in [9.17, 15) is 5.11 Å². The Morgan fingerprint density at radius 1 is 1.18 bits per heavy atom. The Kier molecular flexibility index (Phi) is 4.71. The molecular weight excluding hydrogens is 278 g/mol. The lowest BCUT2D eigenvalue weighted by Gasteiger charge is -2.18. The summed E-state index contributed by atoms with van der Waals surface area (Å²) in [5.74, 6) is 0.520. The van der Waals surface area contributed by atoms with Crippen molar-refractivity contribution in [1.82, 2.24) is 4.98 Å². The van der Waals surface area contributed by atoms with E-state index in [1.165, 1.54) is 0 Å². The number of rotatable bonds is 5. The predicted octanol–water partition coefficient (Wildman–Crippen LogP) is 3.26. The average Bonchev–Trinajstić information content (AvgIpc) is 3.00. The van der Waals surface area contributed by atoms with Gasteiger partial charge in [-0.1, -0.05) is 36.4 Å². The minimum Gasteiger partial charge on any atom is -0.473 e. The van der Waals surface area contributed by atoms with Crippen LogP contribution in [0.25, 0.3) is 0 Å². The largest absolute Gasteiger partial charge is 0.473 e. The molecule has 1 saturated heterocycles. The maximum atomic E-state index is 10.4. The van der Waals surface area contributed by atoms with Crippen LogP contribution in [0.1, 0.15) is 37.1 Å². The number of nitrogens with zero attached hydrogens (tertiary/aromatic N) is 1. The van der Waals surface area contributed by atoms with Crippen molar-refractivity contribution in [3.63, 3.8) is 0 Å². The smallest absolute Gasteiger partial charge is 0.213 e. The minimum absolute atomic E-state index is 0.174. The highest BCUT2D eigenvalue weighted by Gasteiger charge is 2.30. The number of aromatic nitrogens is 1. The van der Waals surface area contributed by atoms with Gasteiger partial charge in [0.25, 0.3) is 0 Å². The molecule has 1 aromatic heterocycles. The van der Waals surface area contributed by atoms with Gasteiger partial charge in [0.1, 0.15) is 12.7 Å². The van der Waals surface area contributed by atoms with Crippen LogP contribution in [0.3, 0.4) is 0 Å². The van der Waals surface area contributed by atoms with Crippen LogP contribution in [0.5, 0.6) is 5.88 Å². The molecule has 0 aliphatic carbocycles. The van der Waals surface area contributed by atoms with E-state index in [1.807, 2.05) is 49.4 Å². The molecule has 4 heteroatoms. The SMILES string of the molecule is CC1CCC(C(O)c2cccc(OCc3ccccc3)n2)O1. The molecule has 0 saturated carbocycles. The first kappa shape index (κ1) is 15.0. The van der Waals surface area contributed by atoms with Crippen molar-refractivity contribution in [2.24, 2.45) is 0 Å². The van der Waals surface area contributed by atoms with Crippen molar-refractivity contribution in [3.05, 3.63) is 59.8 Å². The van der Waals surface area contributed by atoms with Crippen LogP contribution in [-0.4, -0.2) is 22.3 Å². The Hall–Kier alpha value is -1.91. The summed E-state index contributed by atoms with van der Waals surface area (Å²) in [6, 6.07) is 15.4. The highest BCUT2D eigenvalue weighted by atomic mass is 16.5. The van der Waals surface area contributed by atoms with E-state index in [0.717, 1.165) is 18.4 Å². The molecule has 3 unspecified atom stereocenters. The van der Waals surface area contributed by atoms with Gasteiger partial charge in [0.2, 0.25) is 5.88 Å². The first-order chi connectivity index (χ1) is 10.7. The standard InChI is InChI=1S/C18H21NO3/c1-13-10-11-16(22-13)18(20)15-8-5-9-17(19-15)21-12-14-6-3-2-4-7-14/h2-9,13,16,18,20H,10-12H2,1H3. The van der Waals surface area contributed by atoms with Crippen LogP contribution in [0.4, 0.5) is 0 Å². The third kappa shape index (κ3) is 3.64. The van der Waals surface area contributed by atoms with Gasteiger partial charge >= 0.3 is 0 Å². The first-order valence-electron chi connectivity index (χ1n) is 7.69. The molecule has 0 bridgehead atoms. The number of pyridine rings is 1. The van der Waals surface area contributed by atoms with Gasteiger partial charge in [0.15, 0.2) is 0 Å². The Morgan fingerprint density at radius 2 is 2.00 bits per heavy atom. The van der Waals surface area contributed by atoms with Gasteiger partial charge in [0.05, 0.1) is 17.9 Å². The summed E-state index contributed by atoms with van der Waals surface area (Å²) < 4.78 is 11.4. The summed E-state index contributed by atoms with van der Waals surface area (Å²) in [7, 11) is 0. The van der Waals surface area contributed by atoms with Gasteiger partial charge in [-0.25, -0.2) is 4.98 Å². The fourth-order valence-electron chi connectivity index (χ4n) is 2.66. The molecule has 1 N–H and O–H groups in total. The molecule has 1 fully saturated rings. The van der Waals surface area contributed by atoms with E-state index in [1.54, 1.807) is 6.07 Å². The van der Waals surface area contributed by atoms with Crippen LogP contribution in [-0.2, 0) is 11.3 Å². The molecule has 116 valence electrons. The molecular formula is C18H21NO3. The summed E-state index contributed by atoms with van der Waals surface area (Å²) in [5.41, 5.74) is 1.69. The maximum Gasteiger partial charge on any atom is 0.213 e. The molecule has 1 aromatic carbocycles. The van der Waals surface area contributed by atoms with Gasteiger partial charge in [-0.2, -0.15) is 0 Å². The molecule has 4 nitrogen and oxygen atoms in total. The number of hydrogen-bond acceptors (Lipinski definition) is 4. The van der Waals surface area contributed by atoms with Crippen LogP contribution >= 0.6 is 0 Å². The lowest BCUT2D eigenvalue weighted by Crippen LogP contribution is -2.19. The second kappa shape index (κ2) is 6.90. The van der Waals surface area contributed by atoms with E-state index in [4.69, 9.17) is 9.47 Å². The van der Waals surface area contributed by atoms with Gasteiger partial charge in [-0.15, -0.1) is 0 Å². The van der Waals surface area contributed by atoms with Gasteiger partial charge < -0.3 is 14.6 Å². The maximum absolute atomic E-state index is 10.4. The van der Waals surface area contributed by atoms with Crippen LogP contribution in [0, 0.1) is 0 Å². The summed E-state index contributed by atoms with van der Waals surface area (Å²) in [5, 5.41) is 10.4. The third-order valence-electron chi connectivity index (χ3n) is 3.89. The number of hydrogen-bond donors (Lipinski definition) is 1. The second-order valence-corrected chi connectivity index (χ2v) is 5.68. The fraction of sp³-hybridized carbons (Fsp3) is 0.389. The normalized spacial score (nSPS) is 22.5. The zero-order valence-electron chi connectivity index (χ0n) is 12.7. The summed E-state index contributed by atoms with van der Waals surface area (Å²) >= 11 is 0. The predicted molar refractivity (Wildman–Crippen MR) is 83.5 cm³/mol. The molecule has 1 aliphatic heterocycles. The van der Waals surface area contributed by atoms with Crippen molar-refractivity contribution in [2.45, 2.75) is 44.7 Å². The van der Waals surface area contributed by atoms with E-state index >= 15 is 0 Å². The topological polar surface area (TPSA) is 51.6 Å².